The zero-order chi connectivity index (χ0) is 10.7. The van der Waals surface area contributed by atoms with Gasteiger partial charge in [0.2, 0.25) is 0 Å². The molecule has 0 bridgehead atoms. The molecule has 1 saturated carbocycles. The highest BCUT2D eigenvalue weighted by molar-refractivity contribution is 5.33. The lowest BCUT2D eigenvalue weighted by atomic mass is 10.0. The lowest BCUT2D eigenvalue weighted by molar-refractivity contribution is 0.130. The fourth-order valence-electron chi connectivity index (χ4n) is 2.24. The molecule has 0 amide bonds. The lowest BCUT2D eigenvalue weighted by Crippen LogP contribution is -2.17. The van der Waals surface area contributed by atoms with Gasteiger partial charge in [0.15, 0.2) is 0 Å². The number of aromatic nitrogens is 2. The van der Waals surface area contributed by atoms with Gasteiger partial charge in [0.25, 0.3) is 0 Å². The summed E-state index contributed by atoms with van der Waals surface area (Å²) in [5.74, 6) is 1.28. The predicted molar refractivity (Wildman–Crippen MR) is 65.2 cm³/mol. The van der Waals surface area contributed by atoms with Crippen molar-refractivity contribution >= 4 is 5.82 Å². The van der Waals surface area contributed by atoms with Crippen molar-refractivity contribution < 1.29 is 5.11 Å². The number of hydrogen-bond donors (Lipinski definition) is 2. The second kappa shape index (κ2) is 5.80. The summed E-state index contributed by atoms with van der Waals surface area (Å²) < 4.78 is 0. The third-order valence-electron chi connectivity index (χ3n) is 3.12. The lowest BCUT2D eigenvalue weighted by Gasteiger charge is -2.12. The summed E-state index contributed by atoms with van der Waals surface area (Å²) in [6, 6.07) is 2.20. The largest absolute Gasteiger partial charge is 0.393 e. The van der Waals surface area contributed by atoms with E-state index in [1.165, 1.54) is 6.33 Å². The van der Waals surface area contributed by atoms with Gasteiger partial charge in [-0.2, -0.15) is 0 Å². The Morgan fingerprint density at radius 3 is 2.88 bits per heavy atom. The molecule has 3 atom stereocenters. The summed E-state index contributed by atoms with van der Waals surface area (Å²) >= 11 is 0. The average Bonchev–Trinajstić information content (AvgIpc) is 2.60. The third-order valence-corrected chi connectivity index (χ3v) is 3.12. The number of aliphatic hydroxyl groups is 1. The Bertz CT molecular complexity index is 304. The van der Waals surface area contributed by atoms with Crippen LogP contribution in [0, 0.1) is 5.92 Å². The molecule has 0 radical (unpaired) electrons. The van der Waals surface area contributed by atoms with E-state index >= 15 is 0 Å². The van der Waals surface area contributed by atoms with Crippen LogP contribution in [0.15, 0.2) is 18.6 Å². The minimum Gasteiger partial charge on any atom is -0.393 e. The van der Waals surface area contributed by atoms with E-state index in [1.807, 2.05) is 6.07 Å². The SMILES string of the molecule is C.CC[C@H]1C[C@@H](Nc2ccncn2)C[C@@H]1O. The Morgan fingerprint density at radius 1 is 1.50 bits per heavy atom. The maximum atomic E-state index is 9.76. The number of nitrogens with zero attached hydrogens (tertiary/aromatic N) is 2. The second-order valence-electron chi connectivity index (χ2n) is 4.14. The molecule has 1 fully saturated rings. The molecule has 1 heterocycles. The molecule has 0 aromatic carbocycles. The molecule has 4 heteroatoms. The zero-order valence-electron chi connectivity index (χ0n) is 8.93. The minimum absolute atomic E-state index is 0. The first-order valence-corrected chi connectivity index (χ1v) is 5.50. The molecule has 1 aromatic rings. The highest BCUT2D eigenvalue weighted by atomic mass is 16.3. The second-order valence-corrected chi connectivity index (χ2v) is 4.14. The molecule has 16 heavy (non-hydrogen) atoms. The average molecular weight is 223 g/mol. The molecule has 0 saturated heterocycles. The van der Waals surface area contributed by atoms with E-state index in [2.05, 4.69) is 22.2 Å². The van der Waals surface area contributed by atoms with Crippen molar-refractivity contribution in [3.05, 3.63) is 18.6 Å². The van der Waals surface area contributed by atoms with Crippen LogP contribution in [0.25, 0.3) is 0 Å². The van der Waals surface area contributed by atoms with Crippen LogP contribution in [0.5, 0.6) is 0 Å². The van der Waals surface area contributed by atoms with Crippen molar-refractivity contribution in [3.8, 4) is 0 Å². The summed E-state index contributed by atoms with van der Waals surface area (Å²) in [4.78, 5) is 7.98. The van der Waals surface area contributed by atoms with Crippen molar-refractivity contribution in [1.29, 1.82) is 0 Å². The van der Waals surface area contributed by atoms with E-state index in [9.17, 15) is 5.11 Å². The summed E-state index contributed by atoms with van der Waals surface area (Å²) in [5, 5.41) is 13.1. The van der Waals surface area contributed by atoms with Gasteiger partial charge in [0.05, 0.1) is 6.10 Å². The van der Waals surface area contributed by atoms with Gasteiger partial charge in [-0.25, -0.2) is 9.97 Å². The summed E-state index contributed by atoms with van der Waals surface area (Å²) in [6.07, 6.45) is 5.99. The van der Waals surface area contributed by atoms with Gasteiger partial charge in [-0.3, -0.25) is 0 Å². The predicted octanol–water partition coefficient (Wildman–Crippen LogP) is 2.07. The van der Waals surface area contributed by atoms with Crippen molar-refractivity contribution in [2.24, 2.45) is 5.92 Å². The molecule has 0 aliphatic heterocycles. The Kier molecular flexibility index (Phi) is 4.68. The van der Waals surface area contributed by atoms with Gasteiger partial charge >= 0.3 is 0 Å². The summed E-state index contributed by atoms with van der Waals surface area (Å²) in [7, 11) is 0. The van der Waals surface area contributed by atoms with Crippen LogP contribution < -0.4 is 5.32 Å². The number of anilines is 1. The van der Waals surface area contributed by atoms with E-state index in [0.29, 0.717) is 12.0 Å². The highest BCUT2D eigenvalue weighted by Gasteiger charge is 2.31. The number of nitrogens with one attached hydrogen (secondary N) is 1. The first kappa shape index (κ1) is 12.9. The molecule has 0 unspecified atom stereocenters. The fourth-order valence-corrected chi connectivity index (χ4v) is 2.24. The maximum Gasteiger partial charge on any atom is 0.129 e. The van der Waals surface area contributed by atoms with Gasteiger partial charge in [0, 0.05) is 12.2 Å². The molecule has 2 rings (SSSR count). The smallest absolute Gasteiger partial charge is 0.129 e. The fraction of sp³-hybridized carbons (Fsp3) is 0.667. The molecule has 1 aliphatic rings. The normalized spacial score (nSPS) is 28.5. The number of aliphatic hydroxyl groups excluding tert-OH is 1. The van der Waals surface area contributed by atoms with Crippen molar-refractivity contribution in [2.75, 3.05) is 5.32 Å². The monoisotopic (exact) mass is 223 g/mol. The molecule has 1 aliphatic carbocycles. The zero-order valence-corrected chi connectivity index (χ0v) is 8.93. The molecule has 4 nitrogen and oxygen atoms in total. The van der Waals surface area contributed by atoms with Crippen LogP contribution >= 0.6 is 0 Å². The topological polar surface area (TPSA) is 58.0 Å². The Balaban J connectivity index is 0.00000128. The van der Waals surface area contributed by atoms with E-state index in [0.717, 1.165) is 25.1 Å². The van der Waals surface area contributed by atoms with Gasteiger partial charge in [-0.1, -0.05) is 20.8 Å². The van der Waals surface area contributed by atoms with Crippen molar-refractivity contribution in [3.63, 3.8) is 0 Å². The Hall–Kier alpha value is -1.16. The molecule has 0 spiro atoms. The highest BCUT2D eigenvalue weighted by Crippen LogP contribution is 2.30. The summed E-state index contributed by atoms with van der Waals surface area (Å²) in [5.41, 5.74) is 0. The molecule has 1 aromatic heterocycles. The minimum atomic E-state index is -0.158. The van der Waals surface area contributed by atoms with Gasteiger partial charge in [0.1, 0.15) is 12.1 Å². The quantitative estimate of drug-likeness (QED) is 0.823. The van der Waals surface area contributed by atoms with Crippen molar-refractivity contribution in [1.82, 2.24) is 9.97 Å². The Labute approximate surface area is 97.1 Å². The summed E-state index contributed by atoms with van der Waals surface area (Å²) in [6.45, 7) is 2.13. The Morgan fingerprint density at radius 2 is 2.31 bits per heavy atom. The van der Waals surface area contributed by atoms with Crippen molar-refractivity contribution in [2.45, 2.75) is 45.8 Å². The van der Waals surface area contributed by atoms with Gasteiger partial charge in [-0.05, 0) is 24.8 Å². The van der Waals surface area contributed by atoms with Gasteiger partial charge < -0.3 is 10.4 Å². The molecule has 90 valence electrons. The molecule has 2 N–H and O–H groups in total. The van der Waals surface area contributed by atoms with E-state index in [-0.39, 0.29) is 13.5 Å². The van der Waals surface area contributed by atoms with E-state index in [4.69, 9.17) is 0 Å². The standard InChI is InChI=1S/C11H17N3O.CH4/c1-2-8-5-9(6-10(8)15)14-11-3-4-12-7-13-11;/h3-4,7-10,15H,2,5-6H2,1H3,(H,12,13,14);1H4/t8-,9+,10-;/m0./s1. The maximum absolute atomic E-state index is 9.76. The van der Waals surface area contributed by atoms with Crippen LogP contribution in [-0.4, -0.2) is 27.2 Å². The van der Waals surface area contributed by atoms with E-state index < -0.39 is 0 Å². The first-order valence-electron chi connectivity index (χ1n) is 5.50. The van der Waals surface area contributed by atoms with Crippen LogP contribution in [-0.2, 0) is 0 Å². The van der Waals surface area contributed by atoms with Crippen LogP contribution in [0.4, 0.5) is 5.82 Å². The van der Waals surface area contributed by atoms with Crippen LogP contribution in [0.1, 0.15) is 33.6 Å². The van der Waals surface area contributed by atoms with Gasteiger partial charge in [-0.15, -0.1) is 0 Å². The van der Waals surface area contributed by atoms with Crippen LogP contribution in [0.3, 0.4) is 0 Å². The number of hydrogen-bond acceptors (Lipinski definition) is 4. The van der Waals surface area contributed by atoms with Crippen LogP contribution in [0.2, 0.25) is 0 Å². The number of rotatable bonds is 3. The molecular formula is C12H21N3O. The molecular weight excluding hydrogens is 202 g/mol. The first-order chi connectivity index (χ1) is 7.29. The third kappa shape index (κ3) is 2.92. The van der Waals surface area contributed by atoms with E-state index in [1.54, 1.807) is 6.20 Å².